The molecule has 0 aliphatic rings. The summed E-state index contributed by atoms with van der Waals surface area (Å²) in [5.74, 6) is -0.945. The molecule has 0 atom stereocenters. The highest BCUT2D eigenvalue weighted by Crippen LogP contribution is 2.28. The number of rotatable bonds is 4. The van der Waals surface area contributed by atoms with Gasteiger partial charge in [0.15, 0.2) is 5.65 Å². The van der Waals surface area contributed by atoms with Gasteiger partial charge in [-0.2, -0.15) is 5.10 Å². The molecule has 0 bridgehead atoms. The van der Waals surface area contributed by atoms with Gasteiger partial charge in [0.1, 0.15) is 12.1 Å². The van der Waals surface area contributed by atoms with Gasteiger partial charge in [-0.1, -0.05) is 6.07 Å². The fourth-order valence-electron chi connectivity index (χ4n) is 3.46. The zero-order chi connectivity index (χ0) is 21.6. The molecule has 1 aromatic carbocycles. The number of esters is 1. The first-order valence-electron chi connectivity index (χ1n) is 9.58. The Morgan fingerprint density at radius 1 is 1.13 bits per heavy atom. The third kappa shape index (κ3) is 3.76. The lowest BCUT2D eigenvalue weighted by atomic mass is 10.0. The molecule has 0 fully saturated rings. The molecule has 4 aromatic rings. The van der Waals surface area contributed by atoms with E-state index in [2.05, 4.69) is 10.1 Å². The van der Waals surface area contributed by atoms with Crippen molar-refractivity contribution in [3.63, 3.8) is 0 Å². The predicted octanol–water partition coefficient (Wildman–Crippen LogP) is 3.10. The first-order chi connectivity index (χ1) is 14.1. The molecule has 8 heteroatoms. The number of nitrogens with two attached hydrogens (primary N) is 1. The molecule has 0 saturated carbocycles. The molecular weight excluding hydrogens is 382 g/mol. The van der Waals surface area contributed by atoms with Gasteiger partial charge in [0.2, 0.25) is 0 Å². The van der Waals surface area contributed by atoms with Gasteiger partial charge in [0.05, 0.1) is 11.3 Å². The summed E-state index contributed by atoms with van der Waals surface area (Å²) in [5, 5.41) is 5.06. The number of primary amides is 1. The van der Waals surface area contributed by atoms with Crippen LogP contribution < -0.4 is 5.73 Å². The number of hydrogen-bond donors (Lipinski definition) is 1. The Hall–Kier alpha value is -3.68. The molecule has 0 unspecified atom stereocenters. The van der Waals surface area contributed by atoms with E-state index in [-0.39, 0.29) is 12.5 Å². The van der Waals surface area contributed by atoms with Crippen molar-refractivity contribution in [2.75, 3.05) is 0 Å². The summed E-state index contributed by atoms with van der Waals surface area (Å²) in [5.41, 5.74) is 9.44. The average Bonchev–Trinajstić information content (AvgIpc) is 3.18. The Kier molecular flexibility index (Phi) is 4.57. The summed E-state index contributed by atoms with van der Waals surface area (Å²) in [6.45, 7) is 7.33. The SMILES string of the molecule is Cc1cc2ncc(-c3ccc4c(c3)c(C(N)=O)cn4CC(=O)OC(C)(C)C)cn2n1. The number of aryl methyl sites for hydroxylation is 1. The van der Waals surface area contributed by atoms with Gasteiger partial charge in [0.25, 0.3) is 5.91 Å². The predicted molar refractivity (Wildman–Crippen MR) is 113 cm³/mol. The van der Waals surface area contributed by atoms with E-state index in [0.29, 0.717) is 10.9 Å². The number of nitrogens with zero attached hydrogens (tertiary/aromatic N) is 4. The molecule has 1 amide bonds. The van der Waals surface area contributed by atoms with Crippen molar-refractivity contribution in [2.45, 2.75) is 39.8 Å². The van der Waals surface area contributed by atoms with Crippen molar-refractivity contribution in [3.8, 4) is 11.1 Å². The maximum atomic E-state index is 12.3. The number of fused-ring (bicyclic) bond motifs is 2. The minimum atomic E-state index is -0.587. The number of amides is 1. The minimum absolute atomic E-state index is 0.0134. The van der Waals surface area contributed by atoms with Crippen molar-refractivity contribution in [1.29, 1.82) is 0 Å². The van der Waals surface area contributed by atoms with Crippen molar-refractivity contribution in [1.82, 2.24) is 19.2 Å². The van der Waals surface area contributed by atoms with E-state index < -0.39 is 11.5 Å². The highest BCUT2D eigenvalue weighted by molar-refractivity contribution is 6.07. The second kappa shape index (κ2) is 6.98. The third-order valence-corrected chi connectivity index (χ3v) is 4.63. The summed E-state index contributed by atoms with van der Waals surface area (Å²) in [7, 11) is 0. The largest absolute Gasteiger partial charge is 0.459 e. The Morgan fingerprint density at radius 2 is 1.90 bits per heavy atom. The van der Waals surface area contributed by atoms with Crippen molar-refractivity contribution in [3.05, 3.63) is 54.1 Å². The highest BCUT2D eigenvalue weighted by Gasteiger charge is 2.20. The normalized spacial score (nSPS) is 11.9. The smallest absolute Gasteiger partial charge is 0.326 e. The summed E-state index contributed by atoms with van der Waals surface area (Å²) in [6, 6.07) is 7.55. The van der Waals surface area contributed by atoms with Gasteiger partial charge in [-0.3, -0.25) is 9.59 Å². The molecule has 0 saturated heterocycles. The van der Waals surface area contributed by atoms with Gasteiger partial charge in [-0.25, -0.2) is 9.50 Å². The topological polar surface area (TPSA) is 105 Å². The van der Waals surface area contributed by atoms with Gasteiger partial charge in [-0.15, -0.1) is 0 Å². The molecule has 0 spiro atoms. The number of aromatic nitrogens is 4. The van der Waals surface area contributed by atoms with E-state index in [0.717, 1.165) is 28.0 Å². The Morgan fingerprint density at radius 3 is 2.60 bits per heavy atom. The monoisotopic (exact) mass is 405 g/mol. The molecule has 3 aromatic heterocycles. The second-order valence-electron chi connectivity index (χ2n) is 8.28. The molecule has 0 radical (unpaired) electrons. The van der Waals surface area contributed by atoms with Crippen LogP contribution in [0.1, 0.15) is 36.8 Å². The lowest BCUT2D eigenvalue weighted by Gasteiger charge is -2.19. The molecule has 0 aliphatic heterocycles. The van der Waals surface area contributed by atoms with Crippen LogP contribution in [-0.4, -0.2) is 36.6 Å². The van der Waals surface area contributed by atoms with Crippen LogP contribution >= 0.6 is 0 Å². The first-order valence-corrected chi connectivity index (χ1v) is 9.58. The molecule has 0 aliphatic carbocycles. The first kappa shape index (κ1) is 19.6. The summed E-state index contributed by atoms with van der Waals surface area (Å²) < 4.78 is 8.81. The highest BCUT2D eigenvalue weighted by atomic mass is 16.6. The summed E-state index contributed by atoms with van der Waals surface area (Å²) >= 11 is 0. The summed E-state index contributed by atoms with van der Waals surface area (Å²) in [4.78, 5) is 28.8. The number of carbonyl (C=O) groups excluding carboxylic acids is 2. The van der Waals surface area contributed by atoms with Gasteiger partial charge >= 0.3 is 5.97 Å². The van der Waals surface area contributed by atoms with Crippen LogP contribution in [0.2, 0.25) is 0 Å². The van der Waals surface area contributed by atoms with Crippen LogP contribution in [0, 0.1) is 6.92 Å². The third-order valence-electron chi connectivity index (χ3n) is 4.63. The van der Waals surface area contributed by atoms with E-state index in [1.54, 1.807) is 21.5 Å². The van der Waals surface area contributed by atoms with Crippen LogP contribution in [0.15, 0.2) is 42.9 Å². The van der Waals surface area contributed by atoms with Crippen LogP contribution in [0.5, 0.6) is 0 Å². The second-order valence-corrected chi connectivity index (χ2v) is 8.28. The number of hydrogen-bond acceptors (Lipinski definition) is 5. The zero-order valence-corrected chi connectivity index (χ0v) is 17.3. The number of carbonyl (C=O) groups is 2. The van der Waals surface area contributed by atoms with Crippen LogP contribution in [0.4, 0.5) is 0 Å². The minimum Gasteiger partial charge on any atom is -0.459 e. The molecular formula is C22H23N5O3. The zero-order valence-electron chi connectivity index (χ0n) is 17.3. The fraction of sp³-hybridized carbons (Fsp3) is 0.273. The van der Waals surface area contributed by atoms with E-state index in [1.807, 2.05) is 58.2 Å². The lowest BCUT2D eigenvalue weighted by molar-refractivity contribution is -0.155. The van der Waals surface area contributed by atoms with Crippen LogP contribution in [0.3, 0.4) is 0 Å². The van der Waals surface area contributed by atoms with E-state index in [9.17, 15) is 9.59 Å². The van der Waals surface area contributed by atoms with E-state index >= 15 is 0 Å². The maximum Gasteiger partial charge on any atom is 0.326 e. The standard InChI is InChI=1S/C22H23N5O3/c1-13-7-19-24-9-15(10-27(19)25-13)14-5-6-18-16(8-14)17(21(23)29)11-26(18)12-20(28)30-22(2,3)4/h5-11H,12H2,1-4H3,(H2,23,29). The molecule has 2 N–H and O–H groups in total. The molecule has 4 rings (SSSR count). The van der Waals surface area contributed by atoms with Crippen molar-refractivity contribution < 1.29 is 14.3 Å². The molecule has 154 valence electrons. The van der Waals surface area contributed by atoms with E-state index in [4.69, 9.17) is 10.5 Å². The summed E-state index contributed by atoms with van der Waals surface area (Å²) in [6.07, 6.45) is 5.25. The van der Waals surface area contributed by atoms with Crippen molar-refractivity contribution >= 4 is 28.4 Å². The van der Waals surface area contributed by atoms with Gasteiger partial charge in [-0.05, 0) is 45.4 Å². The van der Waals surface area contributed by atoms with E-state index in [1.165, 1.54) is 0 Å². The quantitative estimate of drug-likeness (QED) is 0.525. The molecule has 30 heavy (non-hydrogen) atoms. The molecule has 3 heterocycles. The van der Waals surface area contributed by atoms with Crippen LogP contribution in [0.25, 0.3) is 27.7 Å². The Labute approximate surface area is 173 Å². The van der Waals surface area contributed by atoms with Crippen molar-refractivity contribution in [2.24, 2.45) is 5.73 Å². The van der Waals surface area contributed by atoms with Gasteiger partial charge in [0, 0.05) is 41.1 Å². The molecule has 8 nitrogen and oxygen atoms in total. The lowest BCUT2D eigenvalue weighted by Crippen LogP contribution is -2.26. The Balaban J connectivity index is 1.76. The maximum absolute atomic E-state index is 12.3. The van der Waals surface area contributed by atoms with Crippen LogP contribution in [-0.2, 0) is 16.1 Å². The number of benzene rings is 1. The fourth-order valence-corrected chi connectivity index (χ4v) is 3.46. The number of ether oxygens (including phenoxy) is 1. The average molecular weight is 405 g/mol. The Bertz CT molecular complexity index is 1290. The van der Waals surface area contributed by atoms with Gasteiger partial charge < -0.3 is 15.0 Å².